The molecular formula is C34H30O4S. The summed E-state index contributed by atoms with van der Waals surface area (Å²) in [6.07, 6.45) is 0. The highest BCUT2D eigenvalue weighted by molar-refractivity contribution is 7.91. The second-order valence-corrected chi connectivity index (χ2v) is 11.6. The third-order valence-electron chi connectivity index (χ3n) is 6.84. The van der Waals surface area contributed by atoms with Crippen LogP contribution in [-0.4, -0.2) is 15.5 Å². The van der Waals surface area contributed by atoms with E-state index < -0.39 is 9.84 Å². The van der Waals surface area contributed by atoms with Crippen LogP contribution in [0, 0.1) is 20.8 Å². The van der Waals surface area contributed by atoms with Crippen LogP contribution in [0.1, 0.15) is 16.7 Å². The van der Waals surface area contributed by atoms with Gasteiger partial charge >= 0.3 is 0 Å². The molecule has 39 heavy (non-hydrogen) atoms. The van der Waals surface area contributed by atoms with Crippen LogP contribution in [0.15, 0.2) is 119 Å². The Morgan fingerprint density at radius 3 is 1.33 bits per heavy atom. The molecular weight excluding hydrogens is 504 g/mol. The highest BCUT2D eigenvalue weighted by atomic mass is 32.2. The first kappa shape index (κ1) is 26.3. The first-order valence-electron chi connectivity index (χ1n) is 12.7. The van der Waals surface area contributed by atoms with Crippen molar-refractivity contribution in [1.82, 2.24) is 0 Å². The van der Waals surface area contributed by atoms with Crippen molar-refractivity contribution in [3.63, 3.8) is 0 Å². The number of rotatable bonds is 7. The van der Waals surface area contributed by atoms with Gasteiger partial charge in [0.15, 0.2) is 0 Å². The van der Waals surface area contributed by atoms with Gasteiger partial charge in [-0.3, -0.25) is 0 Å². The molecule has 0 unspecified atom stereocenters. The van der Waals surface area contributed by atoms with Crippen molar-refractivity contribution in [2.75, 3.05) is 7.11 Å². The molecule has 0 spiro atoms. The molecule has 0 N–H and O–H groups in total. The number of aryl methyl sites for hydroxylation is 3. The first-order valence-corrected chi connectivity index (χ1v) is 14.2. The van der Waals surface area contributed by atoms with Gasteiger partial charge in [-0.15, -0.1) is 0 Å². The van der Waals surface area contributed by atoms with Gasteiger partial charge in [-0.1, -0.05) is 54.1 Å². The van der Waals surface area contributed by atoms with Gasteiger partial charge in [0.05, 0.1) is 16.9 Å². The van der Waals surface area contributed by atoms with Crippen LogP contribution in [-0.2, 0) is 9.84 Å². The van der Waals surface area contributed by atoms with Crippen molar-refractivity contribution in [2.24, 2.45) is 0 Å². The lowest BCUT2D eigenvalue weighted by Crippen LogP contribution is -2.01. The summed E-state index contributed by atoms with van der Waals surface area (Å²) >= 11 is 0. The number of sulfone groups is 1. The van der Waals surface area contributed by atoms with Crippen molar-refractivity contribution in [3.8, 4) is 39.5 Å². The van der Waals surface area contributed by atoms with E-state index in [0.29, 0.717) is 11.5 Å². The van der Waals surface area contributed by atoms with Crippen LogP contribution in [0.5, 0.6) is 17.2 Å². The number of ether oxygens (including phenoxy) is 2. The lowest BCUT2D eigenvalue weighted by molar-refractivity contribution is 0.415. The fourth-order valence-corrected chi connectivity index (χ4v) is 5.85. The molecule has 0 fully saturated rings. The van der Waals surface area contributed by atoms with Crippen LogP contribution in [0.25, 0.3) is 22.3 Å². The maximum atomic E-state index is 12.9. The Bertz CT molecular complexity index is 1700. The van der Waals surface area contributed by atoms with Gasteiger partial charge in [0.2, 0.25) is 9.84 Å². The van der Waals surface area contributed by atoms with Gasteiger partial charge in [0.1, 0.15) is 17.2 Å². The molecule has 5 heteroatoms. The van der Waals surface area contributed by atoms with Gasteiger partial charge in [-0.25, -0.2) is 8.42 Å². The van der Waals surface area contributed by atoms with E-state index in [4.69, 9.17) is 9.47 Å². The minimum Gasteiger partial charge on any atom is -0.497 e. The van der Waals surface area contributed by atoms with Crippen LogP contribution in [0.4, 0.5) is 0 Å². The van der Waals surface area contributed by atoms with E-state index in [0.717, 1.165) is 22.4 Å². The van der Waals surface area contributed by atoms with Gasteiger partial charge < -0.3 is 9.47 Å². The standard InChI is InChI=1S/C34H30O4S/c1-23-5-17-31(18-6-23)39(35,36)32-19-15-30(16-20-32)38-29-13-9-27(10-14-29)34-22-24(2)33(21-25(34)3)26-7-11-28(37-4)12-8-26/h5-22H,1-4H3. The number of hydrogen-bond donors (Lipinski definition) is 0. The molecule has 5 rings (SSSR count). The molecule has 0 bridgehead atoms. The van der Waals surface area contributed by atoms with E-state index >= 15 is 0 Å². The van der Waals surface area contributed by atoms with Crippen LogP contribution in [0.2, 0.25) is 0 Å². The quantitative estimate of drug-likeness (QED) is 0.210. The normalized spacial score (nSPS) is 11.3. The molecule has 0 amide bonds. The van der Waals surface area contributed by atoms with Crippen LogP contribution < -0.4 is 9.47 Å². The molecule has 0 aliphatic carbocycles. The molecule has 5 aromatic rings. The van der Waals surface area contributed by atoms with Gasteiger partial charge in [0, 0.05) is 0 Å². The highest BCUT2D eigenvalue weighted by Crippen LogP contribution is 2.34. The van der Waals surface area contributed by atoms with E-state index in [9.17, 15) is 8.42 Å². The summed E-state index contributed by atoms with van der Waals surface area (Å²) < 4.78 is 37.1. The molecule has 0 aliphatic heterocycles. The molecule has 5 aromatic carbocycles. The molecule has 0 saturated carbocycles. The molecule has 0 saturated heterocycles. The largest absolute Gasteiger partial charge is 0.497 e. The lowest BCUT2D eigenvalue weighted by atomic mass is 9.92. The Labute approximate surface area is 230 Å². The minimum atomic E-state index is -3.57. The third-order valence-corrected chi connectivity index (χ3v) is 8.62. The molecule has 0 aromatic heterocycles. The average molecular weight is 535 g/mol. The first-order chi connectivity index (χ1) is 18.7. The highest BCUT2D eigenvalue weighted by Gasteiger charge is 2.17. The van der Waals surface area contributed by atoms with Gasteiger partial charge in [0.25, 0.3) is 0 Å². The maximum absolute atomic E-state index is 12.9. The minimum absolute atomic E-state index is 0.234. The van der Waals surface area contributed by atoms with Crippen molar-refractivity contribution in [1.29, 1.82) is 0 Å². The Morgan fingerprint density at radius 1 is 0.513 bits per heavy atom. The Morgan fingerprint density at radius 2 is 0.897 bits per heavy atom. The summed E-state index contributed by atoms with van der Waals surface area (Å²) in [5, 5.41) is 0. The summed E-state index contributed by atoms with van der Waals surface area (Å²) in [5.41, 5.74) is 8.02. The fourth-order valence-electron chi connectivity index (χ4n) is 4.59. The molecule has 0 aliphatic rings. The number of hydrogen-bond acceptors (Lipinski definition) is 4. The summed E-state index contributed by atoms with van der Waals surface area (Å²) in [7, 11) is -1.90. The molecule has 0 radical (unpaired) electrons. The van der Waals surface area contributed by atoms with Crippen LogP contribution in [0.3, 0.4) is 0 Å². The zero-order valence-electron chi connectivity index (χ0n) is 22.4. The smallest absolute Gasteiger partial charge is 0.206 e. The number of methoxy groups -OCH3 is 1. The zero-order chi connectivity index (χ0) is 27.6. The van der Waals surface area contributed by atoms with E-state index in [1.54, 1.807) is 55.6 Å². The molecule has 0 heterocycles. The van der Waals surface area contributed by atoms with Crippen molar-refractivity contribution in [3.05, 3.63) is 126 Å². The van der Waals surface area contributed by atoms with E-state index in [-0.39, 0.29) is 9.79 Å². The second-order valence-electron chi connectivity index (χ2n) is 9.62. The van der Waals surface area contributed by atoms with Gasteiger partial charge in [-0.05, 0) is 115 Å². The van der Waals surface area contributed by atoms with Crippen molar-refractivity contribution >= 4 is 9.84 Å². The van der Waals surface area contributed by atoms with E-state index in [1.807, 2.05) is 43.3 Å². The van der Waals surface area contributed by atoms with Crippen molar-refractivity contribution < 1.29 is 17.9 Å². The summed E-state index contributed by atoms with van der Waals surface area (Å²) in [5.74, 6) is 2.09. The molecule has 196 valence electrons. The monoisotopic (exact) mass is 534 g/mol. The summed E-state index contributed by atoms with van der Waals surface area (Å²) in [6.45, 7) is 6.18. The lowest BCUT2D eigenvalue weighted by Gasteiger charge is -2.14. The third kappa shape index (κ3) is 5.59. The Hall–Kier alpha value is -4.35. The SMILES string of the molecule is COc1ccc(-c2cc(C)c(-c3ccc(Oc4ccc(S(=O)(=O)c5ccc(C)cc5)cc4)cc3)cc2C)cc1. The van der Waals surface area contributed by atoms with E-state index in [1.165, 1.54) is 22.3 Å². The van der Waals surface area contributed by atoms with Crippen LogP contribution >= 0.6 is 0 Å². The molecule has 0 atom stereocenters. The molecule has 4 nitrogen and oxygen atoms in total. The summed E-state index contributed by atoms with van der Waals surface area (Å²) in [6, 6.07) is 33.9. The Kier molecular flexibility index (Phi) is 7.27. The average Bonchev–Trinajstić information content (AvgIpc) is 2.95. The van der Waals surface area contributed by atoms with E-state index in [2.05, 4.69) is 38.1 Å². The second kappa shape index (κ2) is 10.8. The summed E-state index contributed by atoms with van der Waals surface area (Å²) in [4.78, 5) is 0.512. The van der Waals surface area contributed by atoms with Crippen molar-refractivity contribution in [2.45, 2.75) is 30.6 Å². The Balaban J connectivity index is 1.32. The maximum Gasteiger partial charge on any atom is 0.206 e. The van der Waals surface area contributed by atoms with Gasteiger partial charge in [-0.2, -0.15) is 0 Å². The zero-order valence-corrected chi connectivity index (χ0v) is 23.3. The predicted octanol–water partition coefficient (Wildman–Crippen LogP) is 8.58. The fraction of sp³-hybridized carbons (Fsp3) is 0.118. The predicted molar refractivity (Wildman–Crippen MR) is 156 cm³/mol. The topological polar surface area (TPSA) is 52.6 Å². The number of benzene rings is 5.